The second-order valence-corrected chi connectivity index (χ2v) is 7.20. The lowest BCUT2D eigenvalue weighted by molar-refractivity contribution is -0.117. The molecule has 0 bridgehead atoms. The van der Waals surface area contributed by atoms with Crippen LogP contribution in [0.1, 0.15) is 41.0 Å². The first-order chi connectivity index (χ1) is 11.0. The predicted molar refractivity (Wildman–Crippen MR) is 93.0 cm³/mol. The molecule has 6 heteroatoms. The molecule has 1 fully saturated rings. The Morgan fingerprint density at radius 1 is 1.26 bits per heavy atom. The van der Waals surface area contributed by atoms with Gasteiger partial charge in [-0.05, 0) is 49.6 Å². The molecule has 0 saturated heterocycles. The first-order valence-corrected chi connectivity index (χ1v) is 8.69. The summed E-state index contributed by atoms with van der Waals surface area (Å²) in [6, 6.07) is 10.8. The Morgan fingerprint density at radius 3 is 2.74 bits per heavy atom. The molecule has 23 heavy (non-hydrogen) atoms. The molecule has 1 aromatic heterocycles. The molecular weight excluding hydrogens is 332 g/mol. The van der Waals surface area contributed by atoms with E-state index in [1.165, 1.54) is 11.3 Å². The van der Waals surface area contributed by atoms with Crippen molar-refractivity contribution in [3.05, 3.63) is 51.9 Å². The minimum absolute atomic E-state index is 0.0473. The molecule has 1 aromatic carbocycles. The van der Waals surface area contributed by atoms with Gasteiger partial charge in [0.05, 0.1) is 15.9 Å². The van der Waals surface area contributed by atoms with E-state index < -0.39 is 0 Å². The van der Waals surface area contributed by atoms with E-state index >= 15 is 0 Å². The van der Waals surface area contributed by atoms with Gasteiger partial charge in [-0.25, -0.2) is 0 Å². The summed E-state index contributed by atoms with van der Waals surface area (Å²) < 4.78 is 0. The molecule has 2 N–H and O–H groups in total. The second kappa shape index (κ2) is 6.72. The standard InChI is InChI=1S/C17H17ClN2O2S/c1-10(12-3-2-4-13(18)9-12)19-17(22)14-7-8-15(23-14)20-16(21)11-5-6-11/h2-4,7-11H,5-6H2,1H3,(H,19,22)(H,20,21). The second-order valence-electron chi connectivity index (χ2n) is 5.68. The third kappa shape index (κ3) is 4.12. The Morgan fingerprint density at radius 2 is 2.04 bits per heavy atom. The van der Waals surface area contributed by atoms with Gasteiger partial charge in [0.2, 0.25) is 5.91 Å². The van der Waals surface area contributed by atoms with Gasteiger partial charge in [0.1, 0.15) is 0 Å². The number of carbonyl (C=O) groups excluding carboxylic acids is 2. The van der Waals surface area contributed by atoms with E-state index in [-0.39, 0.29) is 23.8 Å². The van der Waals surface area contributed by atoms with Gasteiger partial charge in [0.15, 0.2) is 0 Å². The van der Waals surface area contributed by atoms with Crippen LogP contribution in [-0.2, 0) is 4.79 Å². The van der Waals surface area contributed by atoms with Crippen LogP contribution in [0.15, 0.2) is 36.4 Å². The summed E-state index contributed by atoms with van der Waals surface area (Å²) in [5.41, 5.74) is 0.949. The van der Waals surface area contributed by atoms with Crippen molar-refractivity contribution >= 4 is 39.8 Å². The number of rotatable bonds is 5. The first kappa shape index (κ1) is 16.0. The molecule has 1 unspecified atom stereocenters. The first-order valence-electron chi connectivity index (χ1n) is 7.50. The largest absolute Gasteiger partial charge is 0.345 e. The van der Waals surface area contributed by atoms with Crippen LogP contribution in [0, 0.1) is 5.92 Å². The smallest absolute Gasteiger partial charge is 0.261 e. The maximum absolute atomic E-state index is 12.3. The maximum atomic E-state index is 12.3. The van der Waals surface area contributed by atoms with Crippen LogP contribution in [0.25, 0.3) is 0 Å². The highest BCUT2D eigenvalue weighted by Crippen LogP contribution is 2.31. The van der Waals surface area contributed by atoms with Gasteiger partial charge >= 0.3 is 0 Å². The molecule has 0 radical (unpaired) electrons. The van der Waals surface area contributed by atoms with Gasteiger partial charge in [-0.1, -0.05) is 23.7 Å². The average molecular weight is 349 g/mol. The fraction of sp³-hybridized carbons (Fsp3) is 0.294. The summed E-state index contributed by atoms with van der Waals surface area (Å²) in [4.78, 5) is 24.6. The van der Waals surface area contributed by atoms with E-state index in [4.69, 9.17) is 11.6 Å². The molecule has 0 aliphatic heterocycles. The number of thiophene rings is 1. The van der Waals surface area contributed by atoms with Crippen molar-refractivity contribution in [1.82, 2.24) is 5.32 Å². The molecule has 1 heterocycles. The lowest BCUT2D eigenvalue weighted by Crippen LogP contribution is -2.25. The third-order valence-electron chi connectivity index (χ3n) is 3.72. The number of carbonyl (C=O) groups is 2. The fourth-order valence-corrected chi connectivity index (χ4v) is 3.23. The van der Waals surface area contributed by atoms with Crippen molar-refractivity contribution in [1.29, 1.82) is 0 Å². The van der Waals surface area contributed by atoms with Gasteiger partial charge in [-0.3, -0.25) is 9.59 Å². The van der Waals surface area contributed by atoms with Crippen LogP contribution in [0.3, 0.4) is 0 Å². The lowest BCUT2D eigenvalue weighted by Gasteiger charge is -2.13. The van der Waals surface area contributed by atoms with Crippen molar-refractivity contribution in [2.45, 2.75) is 25.8 Å². The Bertz CT molecular complexity index is 740. The molecule has 4 nitrogen and oxygen atoms in total. The summed E-state index contributed by atoms with van der Waals surface area (Å²) in [5.74, 6) is 0.0396. The van der Waals surface area contributed by atoms with E-state index in [1.807, 2.05) is 25.1 Å². The van der Waals surface area contributed by atoms with Gasteiger partial charge in [0.25, 0.3) is 5.91 Å². The number of anilines is 1. The molecule has 1 atom stereocenters. The molecule has 2 aromatic rings. The van der Waals surface area contributed by atoms with Crippen LogP contribution in [0.2, 0.25) is 5.02 Å². The van der Waals surface area contributed by atoms with E-state index in [9.17, 15) is 9.59 Å². The van der Waals surface area contributed by atoms with Crippen molar-refractivity contribution in [3.63, 3.8) is 0 Å². The third-order valence-corrected chi connectivity index (χ3v) is 4.96. The molecule has 1 aliphatic carbocycles. The Labute approximate surface area is 143 Å². The SMILES string of the molecule is CC(NC(=O)c1ccc(NC(=O)C2CC2)s1)c1cccc(Cl)c1. The summed E-state index contributed by atoms with van der Waals surface area (Å²) >= 11 is 7.26. The van der Waals surface area contributed by atoms with Gasteiger partial charge in [-0.2, -0.15) is 0 Å². The average Bonchev–Trinajstić information content (AvgIpc) is 3.27. The predicted octanol–water partition coefficient (Wildman–Crippen LogP) is 4.24. The van der Waals surface area contributed by atoms with Crippen LogP contribution >= 0.6 is 22.9 Å². The quantitative estimate of drug-likeness (QED) is 0.849. The molecule has 1 saturated carbocycles. The molecule has 1 aliphatic rings. The zero-order valence-electron chi connectivity index (χ0n) is 12.6. The van der Waals surface area contributed by atoms with Crippen LogP contribution < -0.4 is 10.6 Å². The van der Waals surface area contributed by atoms with Crippen LogP contribution in [0.5, 0.6) is 0 Å². The number of hydrogen-bond acceptors (Lipinski definition) is 3. The Kier molecular flexibility index (Phi) is 4.68. The summed E-state index contributed by atoms with van der Waals surface area (Å²) in [6.07, 6.45) is 1.92. The zero-order chi connectivity index (χ0) is 16.4. The minimum atomic E-state index is -0.158. The molecule has 0 spiro atoms. The van der Waals surface area contributed by atoms with Gasteiger partial charge < -0.3 is 10.6 Å². The molecule has 3 rings (SSSR count). The molecular formula is C17H17ClN2O2S. The number of benzene rings is 1. The zero-order valence-corrected chi connectivity index (χ0v) is 14.2. The van der Waals surface area contributed by atoms with Crippen molar-refractivity contribution in [3.8, 4) is 0 Å². The van der Waals surface area contributed by atoms with Crippen molar-refractivity contribution in [2.75, 3.05) is 5.32 Å². The van der Waals surface area contributed by atoms with Gasteiger partial charge in [-0.15, -0.1) is 11.3 Å². The van der Waals surface area contributed by atoms with Crippen LogP contribution in [0.4, 0.5) is 5.00 Å². The molecule has 2 amide bonds. The fourth-order valence-electron chi connectivity index (χ4n) is 2.22. The Balaban J connectivity index is 1.61. The highest BCUT2D eigenvalue weighted by molar-refractivity contribution is 7.18. The van der Waals surface area contributed by atoms with Crippen molar-refractivity contribution < 1.29 is 9.59 Å². The minimum Gasteiger partial charge on any atom is -0.345 e. The van der Waals surface area contributed by atoms with E-state index in [1.54, 1.807) is 18.2 Å². The highest BCUT2D eigenvalue weighted by Gasteiger charge is 2.29. The summed E-state index contributed by atoms with van der Waals surface area (Å²) in [6.45, 7) is 1.91. The highest BCUT2D eigenvalue weighted by atomic mass is 35.5. The number of halogens is 1. The topological polar surface area (TPSA) is 58.2 Å². The van der Waals surface area contributed by atoms with Gasteiger partial charge in [0, 0.05) is 10.9 Å². The number of hydrogen-bond donors (Lipinski definition) is 2. The van der Waals surface area contributed by atoms with E-state index in [2.05, 4.69) is 10.6 Å². The maximum Gasteiger partial charge on any atom is 0.261 e. The number of nitrogens with one attached hydrogen (secondary N) is 2. The summed E-state index contributed by atoms with van der Waals surface area (Å²) in [7, 11) is 0. The van der Waals surface area contributed by atoms with E-state index in [0.717, 1.165) is 18.4 Å². The lowest BCUT2D eigenvalue weighted by atomic mass is 10.1. The molecule has 120 valence electrons. The number of amides is 2. The van der Waals surface area contributed by atoms with Crippen molar-refractivity contribution in [2.24, 2.45) is 5.92 Å². The normalized spacial score (nSPS) is 15.0. The Hall–Kier alpha value is -1.85. The summed E-state index contributed by atoms with van der Waals surface area (Å²) in [5, 5.41) is 7.15. The van der Waals surface area contributed by atoms with E-state index in [0.29, 0.717) is 14.9 Å². The van der Waals surface area contributed by atoms with Crippen LogP contribution in [-0.4, -0.2) is 11.8 Å². The monoisotopic (exact) mass is 348 g/mol.